The molecule has 4 heterocycles. The van der Waals surface area contributed by atoms with E-state index in [9.17, 15) is 0 Å². The van der Waals surface area contributed by atoms with Crippen molar-refractivity contribution in [1.29, 1.82) is 0 Å². The highest BCUT2D eigenvalue weighted by molar-refractivity contribution is 7.09. The van der Waals surface area contributed by atoms with Crippen molar-refractivity contribution in [2.24, 2.45) is 5.92 Å². The third-order valence-corrected chi connectivity index (χ3v) is 5.22. The molecule has 5 heteroatoms. The van der Waals surface area contributed by atoms with Gasteiger partial charge in [-0.05, 0) is 31.4 Å². The standard InChI is InChI=1S/C15H18N2O2S/c1-4-17(8-11-2-5-18-10-11)9-14-12(1)7-13(19-14)15-16-3-6-20-15/h2-3,5-6,10,12-14H,1,4,7-9H2/t12-,13-,14+/m1/s1. The summed E-state index contributed by atoms with van der Waals surface area (Å²) in [6.07, 6.45) is 8.40. The summed E-state index contributed by atoms with van der Waals surface area (Å²) in [5, 5.41) is 3.17. The zero-order valence-electron chi connectivity index (χ0n) is 11.3. The predicted octanol–water partition coefficient (Wildman–Crippen LogP) is 3.09. The molecular formula is C15H18N2O2S. The van der Waals surface area contributed by atoms with Crippen LogP contribution in [0.3, 0.4) is 0 Å². The minimum Gasteiger partial charge on any atom is -0.472 e. The second-order valence-corrected chi connectivity index (χ2v) is 6.61. The molecule has 0 saturated carbocycles. The van der Waals surface area contributed by atoms with Gasteiger partial charge >= 0.3 is 0 Å². The highest BCUT2D eigenvalue weighted by atomic mass is 32.1. The van der Waals surface area contributed by atoms with E-state index in [1.54, 1.807) is 17.6 Å². The average molecular weight is 290 g/mol. The van der Waals surface area contributed by atoms with Gasteiger partial charge in [-0.15, -0.1) is 11.3 Å². The predicted molar refractivity (Wildman–Crippen MR) is 76.4 cm³/mol. The van der Waals surface area contributed by atoms with Gasteiger partial charge in [0.25, 0.3) is 0 Å². The van der Waals surface area contributed by atoms with Crippen molar-refractivity contribution in [2.75, 3.05) is 13.1 Å². The van der Waals surface area contributed by atoms with Crippen molar-refractivity contribution in [2.45, 2.75) is 31.6 Å². The molecule has 2 saturated heterocycles. The van der Waals surface area contributed by atoms with Crippen molar-refractivity contribution in [1.82, 2.24) is 9.88 Å². The SMILES string of the molecule is c1csc([C@H]2C[C@H]3CCN(Cc4ccoc4)C[C@@H]3O2)n1. The molecule has 0 bridgehead atoms. The third kappa shape index (κ3) is 2.41. The van der Waals surface area contributed by atoms with Gasteiger partial charge in [-0.2, -0.15) is 0 Å². The highest BCUT2D eigenvalue weighted by Crippen LogP contribution is 2.41. The molecule has 0 N–H and O–H groups in total. The first-order valence-electron chi connectivity index (χ1n) is 7.17. The number of furan rings is 1. The van der Waals surface area contributed by atoms with Gasteiger partial charge < -0.3 is 9.15 Å². The van der Waals surface area contributed by atoms with Crippen LogP contribution in [0.2, 0.25) is 0 Å². The van der Waals surface area contributed by atoms with Crippen molar-refractivity contribution < 1.29 is 9.15 Å². The summed E-state index contributed by atoms with van der Waals surface area (Å²) in [5.41, 5.74) is 1.25. The number of ether oxygens (including phenoxy) is 1. The zero-order valence-corrected chi connectivity index (χ0v) is 12.1. The Morgan fingerprint density at radius 2 is 2.45 bits per heavy atom. The van der Waals surface area contributed by atoms with Crippen LogP contribution in [0.5, 0.6) is 0 Å². The second-order valence-electron chi connectivity index (χ2n) is 5.68. The number of hydrogen-bond acceptors (Lipinski definition) is 5. The van der Waals surface area contributed by atoms with E-state index in [0.29, 0.717) is 12.0 Å². The Balaban J connectivity index is 1.40. The minimum absolute atomic E-state index is 0.221. The molecule has 0 aliphatic carbocycles. The van der Waals surface area contributed by atoms with Gasteiger partial charge in [0.15, 0.2) is 0 Å². The second kappa shape index (κ2) is 5.31. The van der Waals surface area contributed by atoms with E-state index >= 15 is 0 Å². The molecule has 2 fully saturated rings. The summed E-state index contributed by atoms with van der Waals surface area (Å²) < 4.78 is 11.4. The molecule has 4 rings (SSSR count). The lowest BCUT2D eigenvalue weighted by Gasteiger charge is -2.33. The Hall–Kier alpha value is -1.17. The van der Waals surface area contributed by atoms with E-state index in [1.807, 2.05) is 23.9 Å². The van der Waals surface area contributed by atoms with Gasteiger partial charge in [0.05, 0.1) is 18.6 Å². The first-order valence-corrected chi connectivity index (χ1v) is 8.05. The van der Waals surface area contributed by atoms with E-state index in [1.165, 1.54) is 12.0 Å². The largest absolute Gasteiger partial charge is 0.472 e. The van der Waals surface area contributed by atoms with E-state index in [2.05, 4.69) is 9.88 Å². The number of nitrogens with zero attached hydrogens (tertiary/aromatic N) is 2. The van der Waals surface area contributed by atoms with E-state index in [4.69, 9.17) is 9.15 Å². The number of likely N-dealkylation sites (tertiary alicyclic amines) is 1. The van der Waals surface area contributed by atoms with Crippen LogP contribution in [0.25, 0.3) is 0 Å². The first-order chi connectivity index (χ1) is 9.88. The molecule has 4 nitrogen and oxygen atoms in total. The van der Waals surface area contributed by atoms with Crippen molar-refractivity contribution >= 4 is 11.3 Å². The zero-order chi connectivity index (χ0) is 13.4. The van der Waals surface area contributed by atoms with Gasteiger partial charge in [-0.1, -0.05) is 0 Å². The van der Waals surface area contributed by atoms with Crippen LogP contribution in [0.4, 0.5) is 0 Å². The maximum absolute atomic E-state index is 6.24. The lowest BCUT2D eigenvalue weighted by Crippen LogP contribution is -2.41. The Kier molecular flexibility index (Phi) is 3.34. The monoisotopic (exact) mass is 290 g/mol. The number of hydrogen-bond donors (Lipinski definition) is 0. The number of aromatic nitrogens is 1. The third-order valence-electron chi connectivity index (χ3n) is 4.35. The molecule has 106 valence electrons. The number of rotatable bonds is 3. The summed E-state index contributed by atoms with van der Waals surface area (Å²) in [6.45, 7) is 3.14. The molecule has 2 aromatic rings. The molecular weight excluding hydrogens is 272 g/mol. The Bertz CT molecular complexity index is 540. The van der Waals surface area contributed by atoms with Crippen LogP contribution in [0.15, 0.2) is 34.6 Å². The fraction of sp³-hybridized carbons (Fsp3) is 0.533. The Morgan fingerprint density at radius 3 is 3.25 bits per heavy atom. The molecule has 0 aromatic carbocycles. The Labute approximate surface area is 122 Å². The van der Waals surface area contributed by atoms with Gasteiger partial charge in [-0.3, -0.25) is 4.90 Å². The molecule has 2 aliphatic rings. The van der Waals surface area contributed by atoms with Crippen molar-refractivity contribution in [3.8, 4) is 0 Å². The molecule has 20 heavy (non-hydrogen) atoms. The van der Waals surface area contributed by atoms with Crippen LogP contribution in [-0.4, -0.2) is 29.1 Å². The van der Waals surface area contributed by atoms with Gasteiger partial charge in [-0.25, -0.2) is 4.98 Å². The number of fused-ring (bicyclic) bond motifs is 1. The summed E-state index contributed by atoms with van der Waals surface area (Å²) in [7, 11) is 0. The van der Waals surface area contributed by atoms with Crippen molar-refractivity contribution in [3.05, 3.63) is 40.7 Å². The summed E-state index contributed by atoms with van der Waals surface area (Å²) >= 11 is 1.71. The molecule has 2 aromatic heterocycles. The van der Waals surface area contributed by atoms with Crippen LogP contribution < -0.4 is 0 Å². The topological polar surface area (TPSA) is 38.5 Å². The summed E-state index contributed by atoms with van der Waals surface area (Å²) in [4.78, 5) is 6.87. The lowest BCUT2D eigenvalue weighted by molar-refractivity contribution is -0.00943. The summed E-state index contributed by atoms with van der Waals surface area (Å²) in [6, 6.07) is 2.04. The van der Waals surface area contributed by atoms with E-state index in [-0.39, 0.29) is 6.10 Å². The maximum Gasteiger partial charge on any atom is 0.121 e. The average Bonchev–Trinajstić information content (AvgIpc) is 3.19. The first kappa shape index (κ1) is 12.6. The number of piperidine rings is 1. The molecule has 0 spiro atoms. The quantitative estimate of drug-likeness (QED) is 0.870. The molecule has 0 radical (unpaired) electrons. The van der Waals surface area contributed by atoms with Crippen LogP contribution in [0.1, 0.15) is 29.5 Å². The fourth-order valence-corrected chi connectivity index (χ4v) is 4.02. The molecule has 0 unspecified atom stereocenters. The lowest BCUT2D eigenvalue weighted by atomic mass is 9.92. The smallest absolute Gasteiger partial charge is 0.121 e. The van der Waals surface area contributed by atoms with Gasteiger partial charge in [0, 0.05) is 30.2 Å². The van der Waals surface area contributed by atoms with Crippen molar-refractivity contribution in [3.63, 3.8) is 0 Å². The normalized spacial score (nSPS) is 30.5. The fourth-order valence-electron chi connectivity index (χ4n) is 3.33. The van der Waals surface area contributed by atoms with Gasteiger partial charge in [0.1, 0.15) is 11.1 Å². The molecule has 2 aliphatic heterocycles. The maximum atomic E-state index is 6.24. The molecule has 3 atom stereocenters. The van der Waals surface area contributed by atoms with Crippen LogP contribution in [-0.2, 0) is 11.3 Å². The van der Waals surface area contributed by atoms with Crippen LogP contribution in [0, 0.1) is 5.92 Å². The minimum atomic E-state index is 0.221. The van der Waals surface area contributed by atoms with Gasteiger partial charge in [0.2, 0.25) is 0 Å². The Morgan fingerprint density at radius 1 is 1.45 bits per heavy atom. The number of thiazole rings is 1. The summed E-state index contributed by atoms with van der Waals surface area (Å²) in [5.74, 6) is 0.699. The highest BCUT2D eigenvalue weighted by Gasteiger charge is 2.40. The van der Waals surface area contributed by atoms with E-state index in [0.717, 1.165) is 31.1 Å². The van der Waals surface area contributed by atoms with E-state index < -0.39 is 0 Å². The van der Waals surface area contributed by atoms with Crippen LogP contribution >= 0.6 is 11.3 Å². The molecule has 0 amide bonds.